The molecule has 0 saturated heterocycles. The fourth-order valence-corrected chi connectivity index (χ4v) is 1.92. The Morgan fingerprint density at radius 3 is 2.67 bits per heavy atom. The molecule has 0 aliphatic carbocycles. The molecule has 2 N–H and O–H groups in total. The molecular formula is C7H11F3N4S. The van der Waals surface area contributed by atoms with E-state index < -0.39 is 18.6 Å². The predicted octanol–water partition coefficient (Wildman–Crippen LogP) is 1.04. The number of hydrogen-bond donors (Lipinski definition) is 1. The molecule has 0 amide bonds. The molecule has 0 aliphatic heterocycles. The summed E-state index contributed by atoms with van der Waals surface area (Å²) in [4.78, 5) is 3.81. The number of nitrogens with zero attached hydrogens (tertiary/aromatic N) is 3. The number of rotatable bonds is 4. The van der Waals surface area contributed by atoms with Gasteiger partial charge in [-0.05, 0) is 0 Å². The maximum atomic E-state index is 12.3. The molecule has 0 fully saturated rings. The van der Waals surface area contributed by atoms with Crippen molar-refractivity contribution in [2.75, 3.05) is 12.3 Å². The Bertz CT molecular complexity index is 311. The Labute approximate surface area is 89.0 Å². The second-order valence-corrected chi connectivity index (χ2v) is 3.94. The van der Waals surface area contributed by atoms with Crippen LogP contribution in [0.3, 0.4) is 0 Å². The molecule has 15 heavy (non-hydrogen) atoms. The van der Waals surface area contributed by atoms with Gasteiger partial charge in [0.1, 0.15) is 6.33 Å². The molecule has 1 aromatic rings. The Kier molecular flexibility index (Phi) is 3.97. The standard InChI is InChI=1S/C7H11F3N4S/c1-14-6(12-4-13-14)15-3-5(2-11)7(8,9)10/h4-5H,2-3,11H2,1H3. The fraction of sp³-hybridized carbons (Fsp3) is 0.714. The summed E-state index contributed by atoms with van der Waals surface area (Å²) in [6.45, 7) is -0.408. The summed E-state index contributed by atoms with van der Waals surface area (Å²) in [5, 5.41) is 4.21. The molecule has 1 heterocycles. The van der Waals surface area contributed by atoms with Crippen LogP contribution in [0.2, 0.25) is 0 Å². The second-order valence-electron chi connectivity index (χ2n) is 2.95. The van der Waals surface area contributed by atoms with Crippen LogP contribution in [0.25, 0.3) is 0 Å². The van der Waals surface area contributed by atoms with E-state index in [-0.39, 0.29) is 5.75 Å². The van der Waals surface area contributed by atoms with Crippen molar-refractivity contribution in [3.05, 3.63) is 6.33 Å². The maximum absolute atomic E-state index is 12.3. The first-order valence-electron chi connectivity index (χ1n) is 4.18. The summed E-state index contributed by atoms with van der Waals surface area (Å²) >= 11 is 1.00. The van der Waals surface area contributed by atoms with Gasteiger partial charge in [0.25, 0.3) is 0 Å². The number of aryl methyl sites for hydroxylation is 1. The Hall–Kier alpha value is -0.760. The van der Waals surface area contributed by atoms with Gasteiger partial charge in [0.15, 0.2) is 5.16 Å². The molecule has 1 rings (SSSR count). The minimum atomic E-state index is -4.25. The van der Waals surface area contributed by atoms with Crippen molar-refractivity contribution in [2.45, 2.75) is 11.3 Å². The van der Waals surface area contributed by atoms with E-state index in [9.17, 15) is 13.2 Å². The molecule has 0 spiro atoms. The largest absolute Gasteiger partial charge is 0.393 e. The minimum Gasteiger partial charge on any atom is -0.330 e. The van der Waals surface area contributed by atoms with Crippen LogP contribution in [-0.2, 0) is 7.05 Å². The maximum Gasteiger partial charge on any atom is 0.393 e. The Morgan fingerprint density at radius 2 is 2.27 bits per heavy atom. The lowest BCUT2D eigenvalue weighted by Crippen LogP contribution is -2.32. The SMILES string of the molecule is Cn1ncnc1SCC(CN)C(F)(F)F. The molecular weight excluding hydrogens is 229 g/mol. The first-order valence-corrected chi connectivity index (χ1v) is 5.17. The van der Waals surface area contributed by atoms with Crippen LogP contribution in [0.15, 0.2) is 11.5 Å². The van der Waals surface area contributed by atoms with Crippen molar-refractivity contribution in [1.29, 1.82) is 0 Å². The third-order valence-corrected chi connectivity index (χ3v) is 3.03. The van der Waals surface area contributed by atoms with Gasteiger partial charge < -0.3 is 5.73 Å². The van der Waals surface area contributed by atoms with Crippen LogP contribution in [0.5, 0.6) is 0 Å². The average Bonchev–Trinajstić information content (AvgIpc) is 2.50. The quantitative estimate of drug-likeness (QED) is 0.799. The summed E-state index contributed by atoms with van der Waals surface area (Å²) in [6, 6.07) is 0. The monoisotopic (exact) mass is 240 g/mol. The van der Waals surface area contributed by atoms with Gasteiger partial charge in [0, 0.05) is 19.3 Å². The van der Waals surface area contributed by atoms with E-state index >= 15 is 0 Å². The van der Waals surface area contributed by atoms with Crippen LogP contribution >= 0.6 is 11.8 Å². The van der Waals surface area contributed by atoms with Crippen molar-refractivity contribution in [1.82, 2.24) is 14.8 Å². The van der Waals surface area contributed by atoms with Crippen LogP contribution < -0.4 is 5.73 Å². The van der Waals surface area contributed by atoms with Gasteiger partial charge in [0.2, 0.25) is 0 Å². The third-order valence-electron chi connectivity index (χ3n) is 1.83. The molecule has 0 bridgehead atoms. The number of alkyl halides is 3. The van der Waals surface area contributed by atoms with Gasteiger partial charge in [0.05, 0.1) is 5.92 Å². The molecule has 4 nitrogen and oxygen atoms in total. The van der Waals surface area contributed by atoms with Gasteiger partial charge in [-0.3, -0.25) is 0 Å². The number of aromatic nitrogens is 3. The highest BCUT2D eigenvalue weighted by atomic mass is 32.2. The summed E-state index contributed by atoms with van der Waals surface area (Å²) in [6.07, 6.45) is -2.95. The molecule has 0 aliphatic rings. The minimum absolute atomic E-state index is 0.132. The lowest BCUT2D eigenvalue weighted by Gasteiger charge is -2.17. The normalized spacial score (nSPS) is 14.2. The van der Waals surface area contributed by atoms with Crippen molar-refractivity contribution in [3.8, 4) is 0 Å². The first-order chi connectivity index (χ1) is 6.95. The summed E-state index contributed by atoms with van der Waals surface area (Å²) in [5.41, 5.74) is 5.06. The molecule has 86 valence electrons. The van der Waals surface area contributed by atoms with Gasteiger partial charge in [-0.25, -0.2) is 9.67 Å². The fourth-order valence-electron chi connectivity index (χ4n) is 0.888. The van der Waals surface area contributed by atoms with E-state index in [1.807, 2.05) is 0 Å². The molecule has 1 unspecified atom stereocenters. The zero-order chi connectivity index (χ0) is 11.5. The van der Waals surface area contributed by atoms with E-state index in [1.165, 1.54) is 11.0 Å². The number of hydrogen-bond acceptors (Lipinski definition) is 4. The molecule has 1 atom stereocenters. The summed E-state index contributed by atoms with van der Waals surface area (Å²) in [7, 11) is 1.63. The van der Waals surface area contributed by atoms with E-state index in [2.05, 4.69) is 10.1 Å². The zero-order valence-corrected chi connectivity index (χ0v) is 8.85. The van der Waals surface area contributed by atoms with E-state index in [0.29, 0.717) is 5.16 Å². The predicted molar refractivity (Wildman–Crippen MR) is 50.3 cm³/mol. The smallest absolute Gasteiger partial charge is 0.330 e. The summed E-state index contributed by atoms with van der Waals surface area (Å²) in [5.74, 6) is -1.63. The van der Waals surface area contributed by atoms with Gasteiger partial charge in [-0.1, -0.05) is 11.8 Å². The lowest BCUT2D eigenvalue weighted by atomic mass is 10.2. The Balaban J connectivity index is 2.52. The first kappa shape index (κ1) is 12.3. The molecule has 0 radical (unpaired) electrons. The molecule has 8 heteroatoms. The lowest BCUT2D eigenvalue weighted by molar-refractivity contribution is -0.165. The zero-order valence-electron chi connectivity index (χ0n) is 8.03. The second kappa shape index (κ2) is 4.84. The van der Waals surface area contributed by atoms with Crippen LogP contribution in [0.4, 0.5) is 13.2 Å². The topological polar surface area (TPSA) is 56.7 Å². The van der Waals surface area contributed by atoms with E-state index in [1.54, 1.807) is 7.05 Å². The number of thioether (sulfide) groups is 1. The van der Waals surface area contributed by atoms with E-state index in [4.69, 9.17) is 5.73 Å². The van der Waals surface area contributed by atoms with Gasteiger partial charge in [-0.2, -0.15) is 18.3 Å². The molecule has 0 aromatic carbocycles. The Morgan fingerprint density at radius 1 is 1.60 bits per heavy atom. The molecule has 0 saturated carbocycles. The van der Waals surface area contributed by atoms with E-state index in [0.717, 1.165) is 11.8 Å². The third kappa shape index (κ3) is 3.38. The van der Waals surface area contributed by atoms with Crippen molar-refractivity contribution in [3.63, 3.8) is 0 Å². The summed E-state index contributed by atoms with van der Waals surface area (Å²) < 4.78 is 38.4. The number of nitrogens with two attached hydrogens (primary N) is 1. The highest BCUT2D eigenvalue weighted by molar-refractivity contribution is 7.99. The van der Waals surface area contributed by atoms with Crippen molar-refractivity contribution >= 4 is 11.8 Å². The van der Waals surface area contributed by atoms with Gasteiger partial charge in [-0.15, -0.1) is 0 Å². The van der Waals surface area contributed by atoms with Gasteiger partial charge >= 0.3 is 6.18 Å². The molecule has 1 aromatic heterocycles. The van der Waals surface area contributed by atoms with Crippen LogP contribution in [-0.4, -0.2) is 33.2 Å². The highest BCUT2D eigenvalue weighted by Gasteiger charge is 2.38. The van der Waals surface area contributed by atoms with Crippen LogP contribution in [0.1, 0.15) is 0 Å². The number of halogens is 3. The average molecular weight is 240 g/mol. The van der Waals surface area contributed by atoms with Crippen molar-refractivity contribution < 1.29 is 13.2 Å². The highest BCUT2D eigenvalue weighted by Crippen LogP contribution is 2.30. The van der Waals surface area contributed by atoms with Crippen LogP contribution in [0, 0.1) is 5.92 Å². The van der Waals surface area contributed by atoms with Crippen molar-refractivity contribution in [2.24, 2.45) is 18.7 Å².